The highest BCUT2D eigenvalue weighted by molar-refractivity contribution is 7.89. The first-order valence-corrected chi connectivity index (χ1v) is 12.1. The highest BCUT2D eigenvalue weighted by atomic mass is 32.2. The molecule has 2 N–H and O–H groups in total. The SMILES string of the molecule is CC(C)C[C@H](N)CC(=O)N1CCC(N(C2CC2)[S+]([O-])c2cccc(C(F)(F)F)c2)CC1. The monoisotopic (exact) mass is 459 g/mol. The Kier molecular flexibility index (Phi) is 7.94. The van der Waals surface area contributed by atoms with Crippen LogP contribution < -0.4 is 5.73 Å². The van der Waals surface area contributed by atoms with Crippen molar-refractivity contribution in [1.82, 2.24) is 9.21 Å². The molecule has 2 atom stereocenters. The van der Waals surface area contributed by atoms with E-state index in [-0.39, 0.29) is 28.9 Å². The van der Waals surface area contributed by atoms with Gasteiger partial charge in [0.05, 0.1) is 29.0 Å². The summed E-state index contributed by atoms with van der Waals surface area (Å²) in [4.78, 5) is 14.6. The maximum atomic E-state index is 13.2. The summed E-state index contributed by atoms with van der Waals surface area (Å²) < 4.78 is 54.4. The number of nitrogens with two attached hydrogens (primary N) is 1. The maximum absolute atomic E-state index is 13.2. The van der Waals surface area contributed by atoms with Crippen LogP contribution in [0.2, 0.25) is 0 Å². The van der Waals surface area contributed by atoms with E-state index in [1.165, 1.54) is 12.1 Å². The van der Waals surface area contributed by atoms with Gasteiger partial charge in [-0.3, -0.25) is 4.79 Å². The number of rotatable bonds is 8. The average molecular weight is 460 g/mol. The summed E-state index contributed by atoms with van der Waals surface area (Å²) in [5, 5.41) is 0. The number of alkyl halides is 3. The molecule has 174 valence electrons. The summed E-state index contributed by atoms with van der Waals surface area (Å²) in [7, 11) is 0. The number of hydrogen-bond donors (Lipinski definition) is 1. The van der Waals surface area contributed by atoms with Gasteiger partial charge in [-0.15, -0.1) is 4.31 Å². The Morgan fingerprint density at radius 1 is 1.23 bits per heavy atom. The zero-order valence-corrected chi connectivity index (χ0v) is 18.9. The van der Waals surface area contributed by atoms with Crippen molar-refractivity contribution < 1.29 is 22.5 Å². The van der Waals surface area contributed by atoms with Crippen LogP contribution in [0.4, 0.5) is 13.2 Å². The third-order valence-electron chi connectivity index (χ3n) is 5.85. The first-order valence-electron chi connectivity index (χ1n) is 11.0. The third kappa shape index (κ3) is 6.60. The van der Waals surface area contributed by atoms with Gasteiger partial charge in [-0.05, 0) is 50.2 Å². The number of carbonyl (C=O) groups is 1. The minimum Gasteiger partial charge on any atom is -0.593 e. The van der Waals surface area contributed by atoms with Crippen molar-refractivity contribution in [3.63, 3.8) is 0 Å². The molecule has 1 saturated heterocycles. The fraction of sp³-hybridized carbons (Fsp3) is 0.682. The van der Waals surface area contributed by atoms with Crippen LogP contribution in [0, 0.1) is 5.92 Å². The van der Waals surface area contributed by atoms with E-state index in [4.69, 9.17) is 5.73 Å². The Morgan fingerprint density at radius 3 is 2.39 bits per heavy atom. The second-order valence-electron chi connectivity index (χ2n) is 9.07. The van der Waals surface area contributed by atoms with E-state index >= 15 is 0 Å². The molecule has 1 aromatic rings. The van der Waals surface area contributed by atoms with Gasteiger partial charge in [-0.2, -0.15) is 13.2 Å². The van der Waals surface area contributed by atoms with Gasteiger partial charge in [0.25, 0.3) is 0 Å². The topological polar surface area (TPSA) is 72.6 Å². The van der Waals surface area contributed by atoms with Gasteiger partial charge in [0.15, 0.2) is 4.90 Å². The van der Waals surface area contributed by atoms with Gasteiger partial charge in [0.1, 0.15) is 0 Å². The highest BCUT2D eigenvalue weighted by Gasteiger charge is 2.44. The molecule has 2 aliphatic rings. The van der Waals surface area contributed by atoms with E-state index < -0.39 is 23.1 Å². The molecule has 1 aliphatic heterocycles. The van der Waals surface area contributed by atoms with Crippen LogP contribution >= 0.6 is 0 Å². The zero-order valence-electron chi connectivity index (χ0n) is 18.1. The van der Waals surface area contributed by atoms with Gasteiger partial charge in [-0.25, -0.2) is 0 Å². The van der Waals surface area contributed by atoms with E-state index in [2.05, 4.69) is 13.8 Å². The van der Waals surface area contributed by atoms with E-state index in [0.29, 0.717) is 38.3 Å². The molecule has 0 radical (unpaired) electrons. The van der Waals surface area contributed by atoms with Crippen molar-refractivity contribution in [3.8, 4) is 0 Å². The Hall–Kier alpha value is -1.29. The molecule has 5 nitrogen and oxygen atoms in total. The fourth-order valence-electron chi connectivity index (χ4n) is 4.21. The standard InChI is InChI=1S/C22H32F3N3O2S/c1-15(2)12-17(26)14-21(29)27-10-8-19(9-11-27)28(18-6-7-18)31(30)20-5-3-4-16(13-20)22(23,24)25/h3-5,13,15,17-19H,6-12,14,26H2,1-2H3/t17-,31?/m0/s1. The predicted molar refractivity (Wildman–Crippen MR) is 114 cm³/mol. The maximum Gasteiger partial charge on any atom is 0.416 e. The number of halogens is 3. The second-order valence-corrected chi connectivity index (χ2v) is 10.5. The molecule has 1 aromatic carbocycles. The normalized spacial score (nSPS) is 20.4. The molecule has 1 aliphatic carbocycles. The van der Waals surface area contributed by atoms with Crippen molar-refractivity contribution in [3.05, 3.63) is 29.8 Å². The van der Waals surface area contributed by atoms with E-state index in [1.54, 1.807) is 0 Å². The Morgan fingerprint density at radius 2 is 1.84 bits per heavy atom. The van der Waals surface area contributed by atoms with E-state index in [0.717, 1.165) is 31.4 Å². The van der Waals surface area contributed by atoms with Crippen molar-refractivity contribution >= 4 is 17.3 Å². The molecule has 31 heavy (non-hydrogen) atoms. The average Bonchev–Trinajstić information content (AvgIpc) is 3.52. The summed E-state index contributed by atoms with van der Waals surface area (Å²) in [5.41, 5.74) is 5.29. The number of carbonyl (C=O) groups excluding carboxylic acids is 1. The third-order valence-corrected chi connectivity index (χ3v) is 7.49. The minimum absolute atomic E-state index is 0.0173. The first-order chi connectivity index (χ1) is 14.6. The molecule has 1 amide bonds. The van der Waals surface area contributed by atoms with Gasteiger partial charge in [0.2, 0.25) is 5.91 Å². The van der Waals surface area contributed by atoms with Crippen LogP contribution in [-0.4, -0.2) is 50.9 Å². The van der Waals surface area contributed by atoms with Crippen LogP contribution in [-0.2, 0) is 22.3 Å². The van der Waals surface area contributed by atoms with Crippen LogP contribution in [0.1, 0.15) is 57.9 Å². The Labute approximate surface area is 185 Å². The number of piperidine rings is 1. The van der Waals surface area contributed by atoms with Gasteiger partial charge in [-0.1, -0.05) is 19.9 Å². The molecule has 0 spiro atoms. The number of nitrogens with zero attached hydrogens (tertiary/aromatic N) is 2. The lowest BCUT2D eigenvalue weighted by Gasteiger charge is -2.38. The predicted octanol–water partition coefficient (Wildman–Crippen LogP) is 3.95. The lowest BCUT2D eigenvalue weighted by Crippen LogP contribution is -2.50. The number of benzene rings is 1. The van der Waals surface area contributed by atoms with E-state index in [1.807, 2.05) is 9.21 Å². The summed E-state index contributed by atoms with van der Waals surface area (Å²) in [5.74, 6) is 0.482. The number of hydrogen-bond acceptors (Lipinski definition) is 4. The molecule has 3 rings (SSSR count). The molecule has 0 bridgehead atoms. The van der Waals surface area contributed by atoms with Crippen molar-refractivity contribution in [2.75, 3.05) is 13.1 Å². The molecule has 1 heterocycles. The zero-order chi connectivity index (χ0) is 22.8. The summed E-state index contributed by atoms with van der Waals surface area (Å²) in [6.07, 6.45) is -0.230. The van der Waals surface area contributed by atoms with Crippen molar-refractivity contribution in [2.45, 2.75) is 81.6 Å². The van der Waals surface area contributed by atoms with Crippen LogP contribution in [0.25, 0.3) is 0 Å². The molecule has 9 heteroatoms. The highest BCUT2D eigenvalue weighted by Crippen LogP contribution is 2.38. The smallest absolute Gasteiger partial charge is 0.416 e. The van der Waals surface area contributed by atoms with Crippen LogP contribution in [0.5, 0.6) is 0 Å². The van der Waals surface area contributed by atoms with Crippen LogP contribution in [0.15, 0.2) is 29.2 Å². The number of likely N-dealkylation sites (tertiary alicyclic amines) is 1. The summed E-state index contributed by atoms with van der Waals surface area (Å²) in [6, 6.07) is 4.74. The lowest BCUT2D eigenvalue weighted by atomic mass is 10.00. The molecule has 1 unspecified atom stereocenters. The molecular formula is C22H32F3N3O2S. The molecule has 0 aromatic heterocycles. The molecular weight excluding hydrogens is 427 g/mol. The largest absolute Gasteiger partial charge is 0.593 e. The fourth-order valence-corrected chi connectivity index (χ4v) is 5.84. The van der Waals surface area contributed by atoms with Crippen molar-refractivity contribution in [1.29, 1.82) is 0 Å². The van der Waals surface area contributed by atoms with Crippen molar-refractivity contribution in [2.24, 2.45) is 11.7 Å². The van der Waals surface area contributed by atoms with Gasteiger partial charge in [0, 0.05) is 31.6 Å². The van der Waals surface area contributed by atoms with Gasteiger partial charge >= 0.3 is 6.18 Å². The Bertz CT molecular complexity index is 750. The summed E-state index contributed by atoms with van der Waals surface area (Å²) >= 11 is -1.66. The molecule has 1 saturated carbocycles. The Balaban J connectivity index is 1.62. The molecule has 2 fully saturated rings. The van der Waals surface area contributed by atoms with E-state index in [9.17, 15) is 22.5 Å². The quantitative estimate of drug-likeness (QED) is 0.598. The minimum atomic E-state index is -4.47. The first kappa shape index (κ1) is 24.4. The number of amides is 1. The summed E-state index contributed by atoms with van der Waals surface area (Å²) in [6.45, 7) is 5.27. The van der Waals surface area contributed by atoms with Gasteiger partial charge < -0.3 is 15.2 Å². The van der Waals surface area contributed by atoms with Crippen LogP contribution in [0.3, 0.4) is 0 Å². The second kappa shape index (κ2) is 10.1. The lowest BCUT2D eigenvalue weighted by molar-refractivity contribution is -0.137.